The summed E-state index contributed by atoms with van der Waals surface area (Å²) in [6, 6.07) is 40.8. The molecule has 174 valence electrons. The molecule has 4 aromatic rings. The van der Waals surface area contributed by atoms with Crippen LogP contribution in [0.2, 0.25) is 0 Å². The molecule has 0 spiro atoms. The number of nitrogens with zero attached hydrogens (tertiary/aromatic N) is 2. The van der Waals surface area contributed by atoms with Gasteiger partial charge in [0.05, 0.1) is 18.1 Å². The summed E-state index contributed by atoms with van der Waals surface area (Å²) in [7, 11) is 0. The molecule has 0 aliphatic carbocycles. The number of rotatable bonds is 4. The minimum absolute atomic E-state index is 0.0467. The predicted molar refractivity (Wildman–Crippen MR) is 140 cm³/mol. The molecule has 3 nitrogen and oxygen atoms in total. The van der Waals surface area contributed by atoms with Crippen molar-refractivity contribution in [2.45, 2.75) is 24.4 Å². The maximum atomic E-state index is 13.8. The number of aryl methyl sites for hydroxylation is 1. The molecule has 0 radical (unpaired) electrons. The Kier molecular flexibility index (Phi) is 5.71. The van der Waals surface area contributed by atoms with E-state index in [9.17, 15) is 4.79 Å². The zero-order chi connectivity index (χ0) is 23.7. The van der Waals surface area contributed by atoms with E-state index in [0.29, 0.717) is 6.54 Å². The Hall–Kier alpha value is -3.69. The summed E-state index contributed by atoms with van der Waals surface area (Å²) < 4.78 is 0. The molecule has 3 heteroatoms. The number of hydrogen-bond acceptors (Lipinski definition) is 2. The molecule has 2 aliphatic heterocycles. The Morgan fingerprint density at radius 1 is 0.657 bits per heavy atom. The first kappa shape index (κ1) is 21.8. The van der Waals surface area contributed by atoms with Crippen LogP contribution in [0.15, 0.2) is 115 Å². The lowest BCUT2D eigenvalue weighted by Crippen LogP contribution is -2.59. The van der Waals surface area contributed by atoms with Gasteiger partial charge in [-0.15, -0.1) is 0 Å². The quantitative estimate of drug-likeness (QED) is 0.360. The fourth-order valence-corrected chi connectivity index (χ4v) is 6.21. The molecular weight excluding hydrogens is 428 g/mol. The predicted octanol–water partition coefficient (Wildman–Crippen LogP) is 5.81. The number of amides is 1. The maximum absolute atomic E-state index is 13.8. The topological polar surface area (TPSA) is 23.6 Å². The normalized spacial score (nSPS) is 18.5. The largest absolute Gasteiger partial charge is 0.333 e. The van der Waals surface area contributed by atoms with Crippen molar-refractivity contribution >= 4 is 5.91 Å². The highest BCUT2D eigenvalue weighted by molar-refractivity contribution is 5.80. The molecule has 0 N–H and O–H groups in total. The van der Waals surface area contributed by atoms with Crippen molar-refractivity contribution in [2.24, 2.45) is 0 Å². The fourth-order valence-electron chi connectivity index (χ4n) is 6.21. The first-order chi connectivity index (χ1) is 17.3. The van der Waals surface area contributed by atoms with Gasteiger partial charge in [0, 0.05) is 13.1 Å². The molecular formula is C32H30N2O. The second-order valence-electron chi connectivity index (χ2n) is 9.59. The Morgan fingerprint density at radius 3 is 1.74 bits per heavy atom. The highest BCUT2D eigenvalue weighted by Crippen LogP contribution is 2.45. The van der Waals surface area contributed by atoms with Crippen molar-refractivity contribution in [3.05, 3.63) is 143 Å². The molecule has 1 fully saturated rings. The zero-order valence-electron chi connectivity index (χ0n) is 19.9. The fraction of sp³-hybridized carbons (Fsp3) is 0.219. The van der Waals surface area contributed by atoms with Crippen LogP contribution in [0.4, 0.5) is 0 Å². The van der Waals surface area contributed by atoms with Crippen LogP contribution in [0.3, 0.4) is 0 Å². The summed E-state index contributed by atoms with van der Waals surface area (Å²) in [5.74, 6) is 0.213. The minimum atomic E-state index is -0.577. The minimum Gasteiger partial charge on any atom is -0.333 e. The third-order valence-electron chi connectivity index (χ3n) is 7.72. The van der Waals surface area contributed by atoms with Gasteiger partial charge in [-0.25, -0.2) is 0 Å². The molecule has 0 saturated carbocycles. The van der Waals surface area contributed by atoms with Crippen molar-refractivity contribution in [2.75, 3.05) is 19.6 Å². The molecule has 0 aromatic heterocycles. The summed E-state index contributed by atoms with van der Waals surface area (Å²) in [5, 5.41) is 0. The summed E-state index contributed by atoms with van der Waals surface area (Å²) in [4.78, 5) is 18.4. The van der Waals surface area contributed by atoms with Crippen LogP contribution in [0, 0.1) is 0 Å². The summed E-state index contributed by atoms with van der Waals surface area (Å²) in [5.41, 5.74) is 5.64. The Labute approximate surface area is 207 Å². The monoisotopic (exact) mass is 458 g/mol. The average molecular weight is 459 g/mol. The molecule has 1 unspecified atom stereocenters. The van der Waals surface area contributed by atoms with Crippen LogP contribution in [0.5, 0.6) is 0 Å². The van der Waals surface area contributed by atoms with Crippen LogP contribution in [0.25, 0.3) is 0 Å². The molecule has 1 atom stereocenters. The van der Waals surface area contributed by atoms with E-state index < -0.39 is 5.54 Å². The standard InChI is InChI=1S/C32H30N2O/c35-31-24-33(23-30-29-21-11-10-13-25(29)14-12-22-34(30)31)32(26-15-4-1-5-16-26,27-17-6-2-7-18-27)28-19-8-3-9-20-28/h1-11,13,15-21,30H,12,14,22-24H2. The molecule has 4 aromatic carbocycles. The van der Waals surface area contributed by atoms with E-state index in [4.69, 9.17) is 0 Å². The Bertz CT molecular complexity index is 1210. The van der Waals surface area contributed by atoms with Gasteiger partial charge in [-0.2, -0.15) is 0 Å². The molecule has 0 bridgehead atoms. The lowest BCUT2D eigenvalue weighted by molar-refractivity contribution is -0.142. The number of piperazine rings is 1. The van der Waals surface area contributed by atoms with E-state index >= 15 is 0 Å². The highest BCUT2D eigenvalue weighted by Gasteiger charge is 2.47. The number of carbonyl (C=O) groups excluding carboxylic acids is 1. The zero-order valence-corrected chi connectivity index (χ0v) is 19.9. The molecule has 35 heavy (non-hydrogen) atoms. The van der Waals surface area contributed by atoms with Gasteiger partial charge >= 0.3 is 0 Å². The lowest BCUT2D eigenvalue weighted by atomic mass is 9.74. The summed E-state index contributed by atoms with van der Waals surface area (Å²) in [6.45, 7) is 1.99. The molecule has 6 rings (SSSR count). The van der Waals surface area contributed by atoms with Crippen LogP contribution in [-0.2, 0) is 16.8 Å². The van der Waals surface area contributed by atoms with Crippen molar-refractivity contribution in [1.29, 1.82) is 0 Å². The van der Waals surface area contributed by atoms with Crippen LogP contribution >= 0.6 is 0 Å². The summed E-state index contributed by atoms with van der Waals surface area (Å²) in [6.07, 6.45) is 2.04. The van der Waals surface area contributed by atoms with Gasteiger partial charge in [0.25, 0.3) is 0 Å². The van der Waals surface area contributed by atoms with Crippen LogP contribution < -0.4 is 0 Å². The number of fused-ring (bicyclic) bond motifs is 3. The van der Waals surface area contributed by atoms with Gasteiger partial charge in [0.15, 0.2) is 0 Å². The molecule has 2 aliphatic rings. The Balaban J connectivity index is 1.58. The van der Waals surface area contributed by atoms with Crippen molar-refractivity contribution in [3.8, 4) is 0 Å². The highest BCUT2D eigenvalue weighted by atomic mass is 16.2. The maximum Gasteiger partial charge on any atom is 0.237 e. The Morgan fingerprint density at radius 2 is 1.17 bits per heavy atom. The molecule has 2 heterocycles. The van der Waals surface area contributed by atoms with E-state index in [1.807, 2.05) is 0 Å². The van der Waals surface area contributed by atoms with Crippen molar-refractivity contribution < 1.29 is 4.79 Å². The van der Waals surface area contributed by atoms with Gasteiger partial charge in [-0.3, -0.25) is 9.69 Å². The third-order valence-corrected chi connectivity index (χ3v) is 7.72. The van der Waals surface area contributed by atoms with Gasteiger partial charge < -0.3 is 4.90 Å². The second kappa shape index (κ2) is 9.16. The van der Waals surface area contributed by atoms with Gasteiger partial charge in [-0.05, 0) is 40.7 Å². The first-order valence-corrected chi connectivity index (χ1v) is 12.6. The molecule has 1 amide bonds. The van der Waals surface area contributed by atoms with Crippen LogP contribution in [-0.4, -0.2) is 35.3 Å². The van der Waals surface area contributed by atoms with E-state index in [2.05, 4.69) is 125 Å². The van der Waals surface area contributed by atoms with E-state index in [0.717, 1.165) is 25.9 Å². The van der Waals surface area contributed by atoms with Crippen molar-refractivity contribution in [1.82, 2.24) is 9.80 Å². The third kappa shape index (κ3) is 3.67. The van der Waals surface area contributed by atoms with E-state index in [1.54, 1.807) is 0 Å². The van der Waals surface area contributed by atoms with E-state index in [1.165, 1.54) is 27.8 Å². The smallest absolute Gasteiger partial charge is 0.237 e. The second-order valence-corrected chi connectivity index (χ2v) is 9.59. The molecule has 1 saturated heterocycles. The summed E-state index contributed by atoms with van der Waals surface area (Å²) >= 11 is 0. The SMILES string of the molecule is O=C1CN(C(c2ccccc2)(c2ccccc2)c2ccccc2)CC2c3ccccc3CCCN12. The average Bonchev–Trinajstić information content (AvgIpc) is 3.11. The van der Waals surface area contributed by atoms with Gasteiger partial charge in [0.2, 0.25) is 5.91 Å². The number of carbonyl (C=O) groups is 1. The van der Waals surface area contributed by atoms with E-state index in [-0.39, 0.29) is 11.9 Å². The van der Waals surface area contributed by atoms with Gasteiger partial charge in [-0.1, -0.05) is 115 Å². The first-order valence-electron chi connectivity index (χ1n) is 12.6. The van der Waals surface area contributed by atoms with Crippen molar-refractivity contribution in [3.63, 3.8) is 0 Å². The lowest BCUT2D eigenvalue weighted by Gasteiger charge is -2.51. The van der Waals surface area contributed by atoms with Gasteiger partial charge in [0.1, 0.15) is 0 Å². The van der Waals surface area contributed by atoms with Crippen LogP contribution in [0.1, 0.15) is 40.3 Å². The number of hydrogen-bond donors (Lipinski definition) is 0. The number of benzene rings is 4.